The molecule has 190 valence electrons. The zero-order valence-corrected chi connectivity index (χ0v) is 21.1. The number of hydrogen-bond donors (Lipinski definition) is 4. The van der Waals surface area contributed by atoms with Crippen molar-refractivity contribution in [1.82, 2.24) is 0 Å². The molecule has 0 aliphatic carbocycles. The van der Waals surface area contributed by atoms with E-state index >= 15 is 0 Å². The maximum atomic E-state index is 13.5. The highest BCUT2D eigenvalue weighted by Crippen LogP contribution is 2.36. The molecule has 12 heteroatoms. The molecular weight excluding hydrogens is 504 g/mol. The first-order valence-corrected chi connectivity index (χ1v) is 13.5. The van der Waals surface area contributed by atoms with Gasteiger partial charge in [0.05, 0.1) is 9.79 Å². The molecule has 0 bridgehead atoms. The van der Waals surface area contributed by atoms with E-state index in [9.17, 15) is 26.4 Å². The second-order valence-electron chi connectivity index (χ2n) is 8.41. The normalized spacial score (nSPS) is 15.4. The third-order valence-corrected chi connectivity index (χ3v) is 10.3. The van der Waals surface area contributed by atoms with Crippen LogP contribution in [0.25, 0.3) is 0 Å². The summed E-state index contributed by atoms with van der Waals surface area (Å²) in [4.78, 5) is 18.8. The minimum absolute atomic E-state index is 0.291. The molecule has 3 rings (SSSR count). The van der Waals surface area contributed by atoms with Crippen molar-refractivity contribution >= 4 is 31.5 Å². The van der Waals surface area contributed by atoms with Crippen molar-refractivity contribution < 1.29 is 26.4 Å². The van der Waals surface area contributed by atoms with Crippen LogP contribution in [-0.4, -0.2) is 28.6 Å². The first-order chi connectivity index (χ1) is 16.6. The fourth-order valence-electron chi connectivity index (χ4n) is 3.65. The Kier molecular flexibility index (Phi) is 6.85. The highest BCUT2D eigenvalue weighted by Gasteiger charge is 2.52. The smallest absolute Gasteiger partial charge is 0.258 e. The summed E-state index contributed by atoms with van der Waals surface area (Å²) < 4.78 is 53.9. The Morgan fingerprint density at radius 2 is 0.917 bits per heavy atom. The molecule has 0 spiro atoms. The second kappa shape index (κ2) is 9.13. The summed E-state index contributed by atoms with van der Waals surface area (Å²) in [7, 11) is -9.30. The molecule has 2 atom stereocenters. The molecule has 0 heterocycles. The van der Waals surface area contributed by atoms with Crippen molar-refractivity contribution in [3.63, 3.8) is 0 Å². The Bertz CT molecular complexity index is 1440. The molecule has 3 aromatic rings. The highest BCUT2D eigenvalue weighted by atomic mass is 32.2. The van der Waals surface area contributed by atoms with Crippen molar-refractivity contribution in [2.75, 3.05) is 0 Å². The van der Waals surface area contributed by atoms with Crippen molar-refractivity contribution in [2.45, 2.75) is 33.4 Å². The van der Waals surface area contributed by atoms with E-state index in [1.165, 1.54) is 66.7 Å². The fourth-order valence-corrected chi connectivity index (χ4v) is 6.78. The van der Waals surface area contributed by atoms with Crippen LogP contribution < -0.4 is 22.9 Å². The van der Waals surface area contributed by atoms with Gasteiger partial charge in [0.2, 0.25) is 29.4 Å². The van der Waals surface area contributed by atoms with Gasteiger partial charge in [-0.2, -0.15) is 0 Å². The van der Waals surface area contributed by atoms with Gasteiger partial charge in [0, 0.05) is 0 Å². The van der Waals surface area contributed by atoms with Crippen LogP contribution in [0.2, 0.25) is 0 Å². The van der Waals surface area contributed by atoms with Gasteiger partial charge in [0.25, 0.3) is 11.8 Å². The molecule has 2 amide bonds. The molecule has 0 saturated heterocycles. The van der Waals surface area contributed by atoms with Gasteiger partial charge in [-0.15, -0.1) is 0 Å². The number of rotatable bonds is 8. The summed E-state index contributed by atoms with van der Waals surface area (Å²) in [6, 6.07) is 15.6. The van der Waals surface area contributed by atoms with E-state index in [2.05, 4.69) is 0 Å². The van der Waals surface area contributed by atoms with E-state index in [0.29, 0.717) is 0 Å². The summed E-state index contributed by atoms with van der Waals surface area (Å²) in [6.45, 7) is 3.48. The molecule has 0 aromatic heterocycles. The molecule has 0 aliphatic heterocycles. The monoisotopic (exact) mass is 530 g/mol. The lowest BCUT2D eigenvalue weighted by atomic mass is 9.99. The summed E-state index contributed by atoms with van der Waals surface area (Å²) in [6.07, 6.45) is 0. The van der Waals surface area contributed by atoms with Gasteiger partial charge in [-0.1, -0.05) is 53.6 Å². The zero-order valence-electron chi connectivity index (χ0n) is 19.5. The van der Waals surface area contributed by atoms with Gasteiger partial charge in [-0.3, -0.25) is 9.59 Å². The Labute approximate surface area is 209 Å². The number of amides is 2. The minimum Gasteiger partial charge on any atom is -0.367 e. The maximum Gasteiger partial charge on any atom is 0.258 e. The van der Waals surface area contributed by atoms with Crippen LogP contribution >= 0.6 is 0 Å². The lowest BCUT2D eigenvalue weighted by Crippen LogP contribution is -2.56. The van der Waals surface area contributed by atoms with E-state index in [1.807, 2.05) is 0 Å². The summed E-state index contributed by atoms with van der Waals surface area (Å²) in [5.41, 5.74) is 24.0. The molecule has 0 fully saturated rings. The first kappa shape index (κ1) is 27.0. The van der Waals surface area contributed by atoms with Gasteiger partial charge in [0.1, 0.15) is 0 Å². The third-order valence-electron chi connectivity index (χ3n) is 5.96. The summed E-state index contributed by atoms with van der Waals surface area (Å²) in [5, 5.41) is 0. The first-order valence-electron chi connectivity index (χ1n) is 10.5. The van der Waals surface area contributed by atoms with Crippen molar-refractivity contribution in [3.8, 4) is 0 Å². The second-order valence-corrected chi connectivity index (χ2v) is 12.7. The minimum atomic E-state index is -4.65. The van der Waals surface area contributed by atoms with Crippen LogP contribution in [0.5, 0.6) is 0 Å². The van der Waals surface area contributed by atoms with Gasteiger partial charge in [-0.25, -0.2) is 16.8 Å². The van der Waals surface area contributed by atoms with E-state index in [0.717, 1.165) is 17.2 Å². The van der Waals surface area contributed by atoms with Crippen LogP contribution in [0, 0.1) is 13.8 Å². The Hall–Kier alpha value is -3.58. The van der Waals surface area contributed by atoms with E-state index in [4.69, 9.17) is 22.9 Å². The lowest BCUT2D eigenvalue weighted by molar-refractivity contribution is -0.121. The molecule has 2 unspecified atom stereocenters. The molecular formula is C24H26N4O6S2. The SMILES string of the molecule is Cc1ccc(S(=O)(=O)C(N)(C(N)=O)c2cccc(C(N)(C(N)=O)S(=O)(=O)c3ccc(C)cc3)c2)cc1. The predicted molar refractivity (Wildman–Crippen MR) is 133 cm³/mol. The summed E-state index contributed by atoms with van der Waals surface area (Å²) >= 11 is 0. The molecule has 8 N–H and O–H groups in total. The Balaban J connectivity index is 2.27. The number of hydrogen-bond acceptors (Lipinski definition) is 8. The molecule has 36 heavy (non-hydrogen) atoms. The zero-order chi connectivity index (χ0) is 27.1. The Morgan fingerprint density at radius 3 is 1.19 bits per heavy atom. The fraction of sp³-hybridized carbons (Fsp3) is 0.167. The van der Waals surface area contributed by atoms with Crippen LogP contribution in [0.1, 0.15) is 22.3 Å². The molecule has 0 radical (unpaired) electrons. The van der Waals surface area contributed by atoms with Crippen molar-refractivity contribution in [3.05, 3.63) is 95.1 Å². The van der Waals surface area contributed by atoms with E-state index in [-0.39, 0.29) is 9.79 Å². The maximum absolute atomic E-state index is 13.5. The van der Waals surface area contributed by atoms with Crippen LogP contribution in [0.3, 0.4) is 0 Å². The molecule has 3 aromatic carbocycles. The average Bonchev–Trinajstić information content (AvgIpc) is 2.83. The topological polar surface area (TPSA) is 206 Å². The number of carbonyl (C=O) groups excluding carboxylic acids is 2. The van der Waals surface area contributed by atoms with E-state index in [1.54, 1.807) is 13.8 Å². The van der Waals surface area contributed by atoms with Crippen molar-refractivity contribution in [2.24, 2.45) is 22.9 Å². The number of primary amides is 2. The summed E-state index contributed by atoms with van der Waals surface area (Å²) in [5.74, 6) is -2.85. The van der Waals surface area contributed by atoms with Gasteiger partial charge >= 0.3 is 0 Å². The van der Waals surface area contributed by atoms with Crippen LogP contribution in [0.4, 0.5) is 0 Å². The number of carbonyl (C=O) groups is 2. The number of sulfone groups is 2. The largest absolute Gasteiger partial charge is 0.367 e. The standard InChI is InChI=1S/C24H26N4O6S2/c1-15-6-10-19(11-7-15)35(31,32)23(27,21(25)29)17-4-3-5-18(14-17)24(28,22(26)30)36(33,34)20-12-8-16(2)9-13-20/h3-14H,27-28H2,1-2H3,(H2,25,29)(H2,26,30). The van der Waals surface area contributed by atoms with Crippen molar-refractivity contribution in [1.29, 1.82) is 0 Å². The van der Waals surface area contributed by atoms with Crippen LogP contribution in [0.15, 0.2) is 82.6 Å². The highest BCUT2D eigenvalue weighted by molar-refractivity contribution is 7.93. The van der Waals surface area contributed by atoms with Gasteiger partial charge < -0.3 is 22.9 Å². The number of benzene rings is 3. The predicted octanol–water partition coefficient (Wildman–Crippen LogP) is 0.445. The van der Waals surface area contributed by atoms with Crippen LogP contribution in [-0.2, 0) is 39.0 Å². The third kappa shape index (κ3) is 4.07. The number of aryl methyl sites for hydroxylation is 2. The molecule has 0 saturated carbocycles. The molecule has 10 nitrogen and oxygen atoms in total. The Morgan fingerprint density at radius 1 is 0.611 bits per heavy atom. The molecule has 0 aliphatic rings. The quantitative estimate of drug-likeness (QED) is 0.320. The van der Waals surface area contributed by atoms with Gasteiger partial charge in [0.15, 0.2) is 0 Å². The number of nitrogens with two attached hydrogens (primary N) is 4. The van der Waals surface area contributed by atoms with E-state index < -0.39 is 52.4 Å². The lowest BCUT2D eigenvalue weighted by Gasteiger charge is -2.30. The average molecular weight is 531 g/mol. The van der Waals surface area contributed by atoms with Gasteiger partial charge in [-0.05, 0) is 55.3 Å².